The smallest absolute Gasteiger partial charge is 0.335 e. The first-order chi connectivity index (χ1) is 10.1. The average molecular weight is 289 g/mol. The monoisotopic (exact) mass is 289 g/mol. The lowest BCUT2D eigenvalue weighted by Gasteiger charge is -2.15. The van der Waals surface area contributed by atoms with E-state index in [-0.39, 0.29) is 0 Å². The minimum absolute atomic E-state index is 0.360. The van der Waals surface area contributed by atoms with Gasteiger partial charge in [0.15, 0.2) is 5.82 Å². The zero-order valence-electron chi connectivity index (χ0n) is 12.2. The number of aromatic carboxylic acids is 1. The molecule has 21 heavy (non-hydrogen) atoms. The van der Waals surface area contributed by atoms with Gasteiger partial charge in [-0.25, -0.2) is 4.79 Å². The van der Waals surface area contributed by atoms with Gasteiger partial charge < -0.3 is 9.63 Å². The Bertz CT molecular complexity index is 610. The van der Waals surface area contributed by atoms with Crippen molar-refractivity contribution in [3.05, 3.63) is 47.1 Å². The van der Waals surface area contributed by atoms with E-state index >= 15 is 0 Å². The molecule has 2 aromatic rings. The highest BCUT2D eigenvalue weighted by Crippen LogP contribution is 2.10. The SMILES string of the molecule is CCc1nc(CN(C)CCc2ccccc2C(=O)O)no1. The summed E-state index contributed by atoms with van der Waals surface area (Å²) in [6.45, 7) is 3.27. The van der Waals surface area contributed by atoms with Crippen LogP contribution in [0.1, 0.15) is 34.6 Å². The first-order valence-corrected chi connectivity index (χ1v) is 6.91. The molecule has 0 aliphatic heterocycles. The molecule has 2 rings (SSSR count). The lowest BCUT2D eigenvalue weighted by molar-refractivity contribution is 0.0695. The quantitative estimate of drug-likeness (QED) is 0.840. The maximum absolute atomic E-state index is 11.1. The molecule has 6 heteroatoms. The summed E-state index contributed by atoms with van der Waals surface area (Å²) in [6.07, 6.45) is 1.39. The fourth-order valence-electron chi connectivity index (χ4n) is 2.08. The topological polar surface area (TPSA) is 79.5 Å². The number of likely N-dealkylation sites (N-methyl/N-ethyl adjacent to an activating group) is 1. The average Bonchev–Trinajstić information content (AvgIpc) is 2.93. The van der Waals surface area contributed by atoms with Crippen LogP contribution in [-0.2, 0) is 19.4 Å². The number of carbonyl (C=O) groups is 1. The largest absolute Gasteiger partial charge is 0.478 e. The van der Waals surface area contributed by atoms with E-state index in [2.05, 4.69) is 10.1 Å². The number of aromatic nitrogens is 2. The van der Waals surface area contributed by atoms with Crippen LogP contribution in [0.5, 0.6) is 0 Å². The molecule has 0 unspecified atom stereocenters. The van der Waals surface area contributed by atoms with Crippen LogP contribution in [-0.4, -0.2) is 39.7 Å². The van der Waals surface area contributed by atoms with Crippen LogP contribution in [0.15, 0.2) is 28.8 Å². The summed E-state index contributed by atoms with van der Waals surface area (Å²) in [5.41, 5.74) is 1.19. The molecule has 0 fully saturated rings. The van der Waals surface area contributed by atoms with Gasteiger partial charge in [0.05, 0.1) is 12.1 Å². The van der Waals surface area contributed by atoms with Crippen molar-refractivity contribution in [2.75, 3.05) is 13.6 Å². The Kier molecular flexibility index (Phi) is 5.05. The van der Waals surface area contributed by atoms with Crippen molar-refractivity contribution in [3.63, 3.8) is 0 Å². The molecule has 112 valence electrons. The van der Waals surface area contributed by atoms with Crippen molar-refractivity contribution >= 4 is 5.97 Å². The molecular formula is C15H19N3O3. The van der Waals surface area contributed by atoms with Gasteiger partial charge >= 0.3 is 5.97 Å². The van der Waals surface area contributed by atoms with E-state index in [1.54, 1.807) is 12.1 Å². The predicted octanol–water partition coefficient (Wildman–Crippen LogP) is 2.00. The van der Waals surface area contributed by atoms with Gasteiger partial charge in [0, 0.05) is 13.0 Å². The van der Waals surface area contributed by atoms with E-state index in [0.29, 0.717) is 30.2 Å². The molecule has 1 aromatic carbocycles. The molecule has 1 N–H and O–H groups in total. The number of rotatable bonds is 7. The molecule has 0 amide bonds. The molecule has 1 heterocycles. The normalized spacial score (nSPS) is 11.0. The summed E-state index contributed by atoms with van der Waals surface area (Å²) in [5.74, 6) is 0.398. The zero-order valence-corrected chi connectivity index (χ0v) is 12.2. The van der Waals surface area contributed by atoms with Gasteiger partial charge in [0.25, 0.3) is 0 Å². The van der Waals surface area contributed by atoms with Gasteiger partial charge in [0.2, 0.25) is 5.89 Å². The molecule has 0 atom stereocenters. The van der Waals surface area contributed by atoms with E-state index in [1.165, 1.54) is 0 Å². The number of hydrogen-bond acceptors (Lipinski definition) is 5. The Labute approximate surface area is 123 Å². The fourth-order valence-corrected chi connectivity index (χ4v) is 2.08. The summed E-state index contributed by atoms with van der Waals surface area (Å²) < 4.78 is 5.06. The van der Waals surface area contributed by atoms with E-state index in [1.807, 2.05) is 31.0 Å². The zero-order chi connectivity index (χ0) is 15.2. The van der Waals surface area contributed by atoms with Crippen LogP contribution in [0.4, 0.5) is 0 Å². The third-order valence-corrected chi connectivity index (χ3v) is 3.23. The Morgan fingerprint density at radius 1 is 1.38 bits per heavy atom. The molecule has 0 aliphatic carbocycles. The summed E-state index contributed by atoms with van der Waals surface area (Å²) in [5, 5.41) is 13.1. The molecule has 0 bridgehead atoms. The van der Waals surface area contributed by atoms with E-state index in [0.717, 1.165) is 18.5 Å². The number of benzene rings is 1. The summed E-state index contributed by atoms with van der Waals surface area (Å²) in [7, 11) is 1.95. The van der Waals surface area contributed by atoms with Crippen LogP contribution >= 0.6 is 0 Å². The Balaban J connectivity index is 1.92. The van der Waals surface area contributed by atoms with Gasteiger partial charge in [-0.05, 0) is 25.1 Å². The van der Waals surface area contributed by atoms with Crippen molar-refractivity contribution in [2.45, 2.75) is 26.3 Å². The van der Waals surface area contributed by atoms with Crippen molar-refractivity contribution < 1.29 is 14.4 Å². The van der Waals surface area contributed by atoms with Gasteiger partial charge in [-0.15, -0.1) is 0 Å². The highest BCUT2D eigenvalue weighted by molar-refractivity contribution is 5.89. The summed E-state index contributed by atoms with van der Waals surface area (Å²) in [6, 6.07) is 7.07. The number of carboxylic acid groups (broad SMARTS) is 1. The third-order valence-electron chi connectivity index (χ3n) is 3.23. The minimum atomic E-state index is -0.890. The van der Waals surface area contributed by atoms with E-state index in [9.17, 15) is 4.79 Å². The van der Waals surface area contributed by atoms with Crippen molar-refractivity contribution in [1.82, 2.24) is 15.0 Å². The number of hydrogen-bond donors (Lipinski definition) is 1. The number of aryl methyl sites for hydroxylation is 1. The molecule has 0 radical (unpaired) electrons. The van der Waals surface area contributed by atoms with Crippen LogP contribution in [0.25, 0.3) is 0 Å². The third kappa shape index (κ3) is 4.13. The van der Waals surface area contributed by atoms with Crippen LogP contribution in [0.3, 0.4) is 0 Å². The lowest BCUT2D eigenvalue weighted by Crippen LogP contribution is -2.22. The number of nitrogens with zero attached hydrogens (tertiary/aromatic N) is 3. The predicted molar refractivity (Wildman–Crippen MR) is 77.1 cm³/mol. The van der Waals surface area contributed by atoms with Crippen LogP contribution in [0, 0.1) is 0 Å². The molecule has 0 aliphatic rings. The van der Waals surface area contributed by atoms with Crippen molar-refractivity contribution in [3.8, 4) is 0 Å². The maximum Gasteiger partial charge on any atom is 0.335 e. The summed E-state index contributed by atoms with van der Waals surface area (Å²) in [4.78, 5) is 17.4. The Hall–Kier alpha value is -2.21. The van der Waals surface area contributed by atoms with Crippen LogP contribution < -0.4 is 0 Å². The molecule has 6 nitrogen and oxygen atoms in total. The van der Waals surface area contributed by atoms with Crippen LogP contribution in [0.2, 0.25) is 0 Å². The molecular weight excluding hydrogens is 270 g/mol. The van der Waals surface area contributed by atoms with Crippen molar-refractivity contribution in [2.24, 2.45) is 0 Å². The highest BCUT2D eigenvalue weighted by Gasteiger charge is 2.11. The number of carboxylic acids is 1. The fraction of sp³-hybridized carbons (Fsp3) is 0.400. The van der Waals surface area contributed by atoms with Gasteiger partial charge in [-0.1, -0.05) is 30.3 Å². The van der Waals surface area contributed by atoms with Gasteiger partial charge in [-0.3, -0.25) is 4.90 Å². The minimum Gasteiger partial charge on any atom is -0.478 e. The first kappa shape index (κ1) is 15.2. The molecule has 0 spiro atoms. The first-order valence-electron chi connectivity index (χ1n) is 6.91. The van der Waals surface area contributed by atoms with E-state index in [4.69, 9.17) is 9.63 Å². The van der Waals surface area contributed by atoms with E-state index < -0.39 is 5.97 Å². The second-order valence-corrected chi connectivity index (χ2v) is 4.91. The Morgan fingerprint density at radius 2 is 2.14 bits per heavy atom. The standard InChI is InChI=1S/C15H19N3O3/c1-3-14-16-13(17-21-14)10-18(2)9-8-11-6-4-5-7-12(11)15(19)20/h4-7H,3,8-10H2,1-2H3,(H,19,20). The molecule has 1 aromatic heterocycles. The van der Waals surface area contributed by atoms with Crippen molar-refractivity contribution in [1.29, 1.82) is 0 Å². The second kappa shape index (κ2) is 6.99. The summed E-state index contributed by atoms with van der Waals surface area (Å²) >= 11 is 0. The molecule has 0 saturated heterocycles. The lowest BCUT2D eigenvalue weighted by atomic mass is 10.0. The second-order valence-electron chi connectivity index (χ2n) is 4.91. The highest BCUT2D eigenvalue weighted by atomic mass is 16.5. The van der Waals surface area contributed by atoms with Gasteiger partial charge in [0.1, 0.15) is 0 Å². The molecule has 0 saturated carbocycles. The van der Waals surface area contributed by atoms with Gasteiger partial charge in [-0.2, -0.15) is 4.98 Å². The Morgan fingerprint density at radius 3 is 2.81 bits per heavy atom. The maximum atomic E-state index is 11.1.